The summed E-state index contributed by atoms with van der Waals surface area (Å²) >= 11 is 0. The highest BCUT2D eigenvalue weighted by Crippen LogP contribution is 2.29. The molecule has 1 N–H and O–H groups in total. The Morgan fingerprint density at radius 3 is 2.86 bits per heavy atom. The predicted octanol–water partition coefficient (Wildman–Crippen LogP) is 2.73. The minimum Gasteiger partial charge on any atom is -0.370 e. The lowest BCUT2D eigenvalue weighted by atomic mass is 9.96. The van der Waals surface area contributed by atoms with Crippen molar-refractivity contribution >= 4 is 0 Å². The van der Waals surface area contributed by atoms with Crippen molar-refractivity contribution in [3.8, 4) is 0 Å². The molecule has 2 aromatic rings. The second-order valence-corrected chi connectivity index (χ2v) is 5.65. The molecule has 2 atom stereocenters. The topological polar surface area (TPSA) is 60.2 Å². The molecule has 2 heterocycles. The van der Waals surface area contributed by atoms with Crippen molar-refractivity contribution in [1.29, 1.82) is 0 Å². The van der Waals surface area contributed by atoms with E-state index < -0.39 is 5.60 Å². The first kappa shape index (κ1) is 14.2. The molecular formula is C16H21N3O2. The number of aromatic nitrogens is 2. The Hall–Kier alpha value is -1.72. The van der Waals surface area contributed by atoms with E-state index in [1.54, 1.807) is 7.11 Å². The van der Waals surface area contributed by atoms with Crippen LogP contribution in [0.1, 0.15) is 49.2 Å². The summed E-state index contributed by atoms with van der Waals surface area (Å²) in [5.74, 6) is 1.25. The Kier molecular flexibility index (Phi) is 3.78. The lowest BCUT2D eigenvalue weighted by Gasteiger charge is -2.24. The van der Waals surface area contributed by atoms with Crippen LogP contribution in [0.3, 0.4) is 0 Å². The molecule has 1 aliphatic heterocycles. The van der Waals surface area contributed by atoms with Crippen LogP contribution >= 0.6 is 0 Å². The van der Waals surface area contributed by atoms with Crippen LogP contribution in [0.25, 0.3) is 0 Å². The highest BCUT2D eigenvalue weighted by Gasteiger charge is 2.32. The van der Waals surface area contributed by atoms with Crippen molar-refractivity contribution in [1.82, 2.24) is 15.5 Å². The Morgan fingerprint density at radius 2 is 2.14 bits per heavy atom. The maximum absolute atomic E-state index is 5.52. The highest BCUT2D eigenvalue weighted by atomic mass is 16.5. The van der Waals surface area contributed by atoms with Crippen LogP contribution < -0.4 is 5.32 Å². The Bertz CT molecular complexity index is 619. The number of hydrogen-bond donors (Lipinski definition) is 1. The van der Waals surface area contributed by atoms with Crippen molar-refractivity contribution < 1.29 is 9.26 Å². The standard InChI is InChI=1S/C16H21N3O2/c1-4-16(2,20-3)15-18-14(21-19-15)13-9-11-7-5-6-8-12(11)10-17-13/h5-8,13,17H,4,9-10H2,1-3H3/t13-,16?/m0/s1. The van der Waals surface area contributed by atoms with Crippen molar-refractivity contribution in [2.24, 2.45) is 0 Å². The molecule has 0 bridgehead atoms. The van der Waals surface area contributed by atoms with Gasteiger partial charge in [0.2, 0.25) is 11.7 Å². The number of methoxy groups -OCH3 is 1. The molecule has 1 aromatic heterocycles. The smallest absolute Gasteiger partial charge is 0.244 e. The van der Waals surface area contributed by atoms with Gasteiger partial charge < -0.3 is 14.6 Å². The second-order valence-electron chi connectivity index (χ2n) is 5.65. The van der Waals surface area contributed by atoms with Gasteiger partial charge in [0.05, 0.1) is 6.04 Å². The van der Waals surface area contributed by atoms with Gasteiger partial charge in [-0.25, -0.2) is 0 Å². The maximum Gasteiger partial charge on any atom is 0.244 e. The fourth-order valence-corrected chi connectivity index (χ4v) is 2.61. The third kappa shape index (κ3) is 2.59. The summed E-state index contributed by atoms with van der Waals surface area (Å²) in [5, 5.41) is 7.57. The first-order chi connectivity index (χ1) is 10.2. The Labute approximate surface area is 124 Å². The summed E-state index contributed by atoms with van der Waals surface area (Å²) < 4.78 is 11.0. The zero-order valence-electron chi connectivity index (χ0n) is 12.7. The first-order valence-electron chi connectivity index (χ1n) is 7.35. The van der Waals surface area contributed by atoms with E-state index in [4.69, 9.17) is 9.26 Å². The van der Waals surface area contributed by atoms with Gasteiger partial charge in [-0.15, -0.1) is 0 Å². The van der Waals surface area contributed by atoms with E-state index in [-0.39, 0.29) is 6.04 Å². The van der Waals surface area contributed by atoms with E-state index in [1.807, 2.05) is 6.92 Å². The largest absolute Gasteiger partial charge is 0.370 e. The van der Waals surface area contributed by atoms with Gasteiger partial charge in [-0.3, -0.25) is 0 Å². The fourth-order valence-electron chi connectivity index (χ4n) is 2.61. The second kappa shape index (κ2) is 5.58. The Balaban J connectivity index is 1.82. The van der Waals surface area contributed by atoms with Crippen LogP contribution in [0, 0.1) is 0 Å². The van der Waals surface area contributed by atoms with Crippen molar-refractivity contribution in [3.05, 3.63) is 47.1 Å². The van der Waals surface area contributed by atoms with Gasteiger partial charge in [-0.1, -0.05) is 36.3 Å². The van der Waals surface area contributed by atoms with Gasteiger partial charge in [0.1, 0.15) is 5.60 Å². The molecule has 0 amide bonds. The van der Waals surface area contributed by atoms with E-state index >= 15 is 0 Å². The van der Waals surface area contributed by atoms with Gasteiger partial charge >= 0.3 is 0 Å². The molecule has 0 fully saturated rings. The van der Waals surface area contributed by atoms with Gasteiger partial charge in [0, 0.05) is 13.7 Å². The number of nitrogens with zero attached hydrogens (tertiary/aromatic N) is 2. The first-order valence-corrected chi connectivity index (χ1v) is 7.35. The highest BCUT2D eigenvalue weighted by molar-refractivity contribution is 5.30. The van der Waals surface area contributed by atoms with Crippen LogP contribution in [-0.4, -0.2) is 17.3 Å². The molecule has 0 aliphatic carbocycles. The molecule has 5 heteroatoms. The maximum atomic E-state index is 5.52. The van der Waals surface area contributed by atoms with Crippen molar-refractivity contribution in [2.75, 3.05) is 7.11 Å². The van der Waals surface area contributed by atoms with Crippen molar-refractivity contribution in [2.45, 2.75) is 44.9 Å². The lowest BCUT2D eigenvalue weighted by Crippen LogP contribution is -2.29. The molecule has 112 valence electrons. The van der Waals surface area contributed by atoms with Gasteiger partial charge in [0.25, 0.3) is 0 Å². The van der Waals surface area contributed by atoms with Crippen LogP contribution in [0.4, 0.5) is 0 Å². The minimum atomic E-state index is -0.492. The number of ether oxygens (including phenoxy) is 1. The molecule has 1 unspecified atom stereocenters. The molecule has 5 nitrogen and oxygen atoms in total. The van der Waals surface area contributed by atoms with Crippen LogP contribution in [0.15, 0.2) is 28.8 Å². The Morgan fingerprint density at radius 1 is 1.38 bits per heavy atom. The summed E-state index contributed by atoms with van der Waals surface area (Å²) in [6.45, 7) is 4.85. The minimum absolute atomic E-state index is 0.0686. The summed E-state index contributed by atoms with van der Waals surface area (Å²) in [7, 11) is 1.68. The number of nitrogens with one attached hydrogen (secondary N) is 1. The summed E-state index contributed by atoms with van der Waals surface area (Å²) in [6.07, 6.45) is 1.66. The lowest BCUT2D eigenvalue weighted by molar-refractivity contribution is -0.0106. The number of rotatable bonds is 4. The zero-order valence-corrected chi connectivity index (χ0v) is 12.7. The zero-order chi connectivity index (χ0) is 14.9. The van der Waals surface area contributed by atoms with E-state index in [2.05, 4.69) is 46.6 Å². The van der Waals surface area contributed by atoms with E-state index in [1.165, 1.54) is 11.1 Å². The van der Waals surface area contributed by atoms with Crippen LogP contribution in [0.5, 0.6) is 0 Å². The molecule has 21 heavy (non-hydrogen) atoms. The fraction of sp³-hybridized carbons (Fsp3) is 0.500. The monoisotopic (exact) mass is 287 g/mol. The average molecular weight is 287 g/mol. The summed E-state index contributed by atoms with van der Waals surface area (Å²) in [4.78, 5) is 4.56. The molecule has 0 saturated carbocycles. The molecule has 1 aliphatic rings. The average Bonchev–Trinajstić information content (AvgIpc) is 3.04. The SMILES string of the molecule is CCC(C)(OC)c1noc([C@@H]2Cc3ccccc3CN2)n1. The number of benzene rings is 1. The molecule has 0 spiro atoms. The predicted molar refractivity (Wildman–Crippen MR) is 78.7 cm³/mol. The summed E-state index contributed by atoms with van der Waals surface area (Å²) in [6, 6.07) is 8.51. The van der Waals surface area contributed by atoms with E-state index in [9.17, 15) is 0 Å². The molecule has 1 aromatic carbocycles. The van der Waals surface area contributed by atoms with Gasteiger partial charge in [-0.2, -0.15) is 4.98 Å². The van der Waals surface area contributed by atoms with E-state index in [0.717, 1.165) is 19.4 Å². The number of fused-ring (bicyclic) bond motifs is 1. The summed E-state index contributed by atoms with van der Waals surface area (Å²) in [5.41, 5.74) is 2.18. The molecular weight excluding hydrogens is 266 g/mol. The van der Waals surface area contributed by atoms with Crippen molar-refractivity contribution in [3.63, 3.8) is 0 Å². The molecule has 3 rings (SSSR count). The van der Waals surface area contributed by atoms with Gasteiger partial charge in [0.15, 0.2) is 0 Å². The quantitative estimate of drug-likeness (QED) is 0.937. The van der Waals surface area contributed by atoms with E-state index in [0.29, 0.717) is 11.7 Å². The number of hydrogen-bond acceptors (Lipinski definition) is 5. The molecule has 0 radical (unpaired) electrons. The third-order valence-corrected chi connectivity index (χ3v) is 4.42. The van der Waals surface area contributed by atoms with Crippen LogP contribution in [0.2, 0.25) is 0 Å². The third-order valence-electron chi connectivity index (χ3n) is 4.42. The van der Waals surface area contributed by atoms with Gasteiger partial charge in [-0.05, 0) is 30.9 Å². The normalized spacial score (nSPS) is 20.8. The van der Waals surface area contributed by atoms with Crippen LogP contribution in [-0.2, 0) is 23.3 Å². The molecule has 0 saturated heterocycles.